The Kier molecular flexibility index (Phi) is 4.54. The summed E-state index contributed by atoms with van der Waals surface area (Å²) in [6.07, 6.45) is 5.99. The molecule has 1 saturated carbocycles. The maximum Gasteiger partial charge on any atom is 0.199 e. The Hall–Kier alpha value is -1.83. The maximum atomic E-state index is 5.75. The number of rotatable bonds is 6. The van der Waals surface area contributed by atoms with Crippen molar-refractivity contribution < 1.29 is 0 Å². The van der Waals surface area contributed by atoms with E-state index in [9.17, 15) is 0 Å². The molecule has 1 aliphatic carbocycles. The number of hydrogen-bond acceptors (Lipinski definition) is 5. The summed E-state index contributed by atoms with van der Waals surface area (Å²) in [5.41, 5.74) is 1.02. The lowest BCUT2D eigenvalue weighted by molar-refractivity contribution is 0.197. The van der Waals surface area contributed by atoms with Crippen molar-refractivity contribution in [2.75, 3.05) is 7.05 Å². The first kappa shape index (κ1) is 16.6. The molecule has 25 heavy (non-hydrogen) atoms. The molecule has 0 radical (unpaired) electrons. The van der Waals surface area contributed by atoms with E-state index >= 15 is 0 Å². The standard InChI is InChI=1S/C18H21N5S2/c1-13(16-6-4-10-25-16)21(2)12-22-18(24)23(15-7-8-15)17(20-22)14-5-3-9-19-11-14/h3-6,9-11,13,15H,7-8,12H2,1-2H3. The largest absolute Gasteiger partial charge is 0.297 e. The van der Waals surface area contributed by atoms with Gasteiger partial charge in [0.05, 0.1) is 6.67 Å². The molecule has 3 aromatic rings. The number of nitrogens with zero attached hydrogens (tertiary/aromatic N) is 5. The monoisotopic (exact) mass is 371 g/mol. The van der Waals surface area contributed by atoms with Crippen molar-refractivity contribution in [1.29, 1.82) is 0 Å². The number of aromatic nitrogens is 4. The Labute approximate surface area is 156 Å². The van der Waals surface area contributed by atoms with Crippen LogP contribution in [0.15, 0.2) is 42.0 Å². The number of hydrogen-bond donors (Lipinski definition) is 0. The molecule has 0 saturated heterocycles. The van der Waals surface area contributed by atoms with Crippen molar-refractivity contribution >= 4 is 23.6 Å². The molecule has 0 aromatic carbocycles. The fraction of sp³-hybridized carbons (Fsp3) is 0.389. The van der Waals surface area contributed by atoms with Crippen molar-refractivity contribution in [1.82, 2.24) is 24.2 Å². The summed E-state index contributed by atoms with van der Waals surface area (Å²) in [5.74, 6) is 0.928. The quantitative estimate of drug-likeness (QED) is 0.597. The van der Waals surface area contributed by atoms with Gasteiger partial charge in [-0.3, -0.25) is 14.5 Å². The molecule has 1 atom stereocenters. The van der Waals surface area contributed by atoms with E-state index in [1.165, 1.54) is 17.7 Å². The Morgan fingerprint density at radius 1 is 1.36 bits per heavy atom. The van der Waals surface area contributed by atoms with Crippen LogP contribution in [0.1, 0.15) is 36.7 Å². The van der Waals surface area contributed by atoms with Crippen LogP contribution in [-0.4, -0.2) is 31.3 Å². The normalized spacial score (nSPS) is 15.6. The second-order valence-corrected chi connectivity index (χ2v) is 7.88. The zero-order valence-corrected chi connectivity index (χ0v) is 16.0. The van der Waals surface area contributed by atoms with Crippen molar-refractivity contribution in [2.24, 2.45) is 0 Å². The fourth-order valence-corrected chi connectivity index (χ4v) is 4.13. The average molecular weight is 372 g/mol. The van der Waals surface area contributed by atoms with Crippen LogP contribution >= 0.6 is 23.6 Å². The third-order valence-corrected chi connectivity index (χ3v) is 6.13. The molecule has 0 spiro atoms. The van der Waals surface area contributed by atoms with Crippen molar-refractivity contribution in [2.45, 2.75) is 38.5 Å². The van der Waals surface area contributed by atoms with Gasteiger partial charge in [-0.15, -0.1) is 11.3 Å². The molecule has 1 fully saturated rings. The van der Waals surface area contributed by atoms with Crippen LogP contribution < -0.4 is 0 Å². The van der Waals surface area contributed by atoms with Gasteiger partial charge in [0, 0.05) is 34.9 Å². The lowest BCUT2D eigenvalue weighted by atomic mass is 10.2. The van der Waals surface area contributed by atoms with Crippen LogP contribution in [0.4, 0.5) is 0 Å². The summed E-state index contributed by atoms with van der Waals surface area (Å²) in [5, 5.41) is 6.96. The minimum absolute atomic E-state index is 0.329. The highest BCUT2D eigenvalue weighted by molar-refractivity contribution is 7.71. The summed E-state index contributed by atoms with van der Waals surface area (Å²) in [6, 6.07) is 9.07. The van der Waals surface area contributed by atoms with Crippen LogP contribution in [-0.2, 0) is 6.67 Å². The summed E-state index contributed by atoms with van der Waals surface area (Å²) in [7, 11) is 2.12. The van der Waals surface area contributed by atoms with Gasteiger partial charge in [0.2, 0.25) is 0 Å². The van der Waals surface area contributed by atoms with Gasteiger partial charge in [-0.25, -0.2) is 4.68 Å². The van der Waals surface area contributed by atoms with E-state index in [1.807, 2.05) is 23.0 Å². The zero-order valence-electron chi connectivity index (χ0n) is 14.4. The van der Waals surface area contributed by atoms with Crippen LogP contribution in [0.3, 0.4) is 0 Å². The molecule has 1 aliphatic rings. The molecule has 0 amide bonds. The Morgan fingerprint density at radius 2 is 2.20 bits per heavy atom. The van der Waals surface area contributed by atoms with Gasteiger partial charge in [0.1, 0.15) is 0 Å². The van der Waals surface area contributed by atoms with E-state index in [-0.39, 0.29) is 0 Å². The summed E-state index contributed by atoms with van der Waals surface area (Å²) in [6.45, 7) is 2.89. The maximum absolute atomic E-state index is 5.75. The molecule has 1 unspecified atom stereocenters. The molecule has 4 rings (SSSR count). The SMILES string of the molecule is CC(c1cccs1)N(C)Cn1nc(-c2cccnc2)n(C2CC2)c1=S. The number of thiophene rings is 1. The van der Waals surface area contributed by atoms with E-state index in [1.54, 1.807) is 17.5 Å². The third kappa shape index (κ3) is 3.31. The van der Waals surface area contributed by atoms with E-state index in [0.29, 0.717) is 18.8 Å². The molecular weight excluding hydrogens is 350 g/mol. The highest BCUT2D eigenvalue weighted by atomic mass is 32.1. The highest BCUT2D eigenvalue weighted by Crippen LogP contribution is 2.38. The molecule has 0 bridgehead atoms. The van der Waals surface area contributed by atoms with Crippen LogP contribution in [0.5, 0.6) is 0 Å². The van der Waals surface area contributed by atoms with Crippen LogP contribution in [0, 0.1) is 4.77 Å². The fourth-order valence-electron chi connectivity index (χ4n) is 2.95. The van der Waals surface area contributed by atoms with Crippen LogP contribution in [0.25, 0.3) is 11.4 Å². The van der Waals surface area contributed by atoms with Crippen molar-refractivity contribution in [3.63, 3.8) is 0 Å². The van der Waals surface area contributed by atoms with Gasteiger partial charge in [-0.05, 0) is 62.6 Å². The lowest BCUT2D eigenvalue weighted by Crippen LogP contribution is -2.25. The highest BCUT2D eigenvalue weighted by Gasteiger charge is 2.29. The molecule has 5 nitrogen and oxygen atoms in total. The van der Waals surface area contributed by atoms with Gasteiger partial charge in [-0.1, -0.05) is 6.07 Å². The lowest BCUT2D eigenvalue weighted by Gasteiger charge is -2.23. The van der Waals surface area contributed by atoms with E-state index < -0.39 is 0 Å². The predicted octanol–water partition coefficient (Wildman–Crippen LogP) is 4.52. The second-order valence-electron chi connectivity index (χ2n) is 6.54. The van der Waals surface area contributed by atoms with Gasteiger partial charge in [0.25, 0.3) is 0 Å². The van der Waals surface area contributed by atoms with Gasteiger partial charge >= 0.3 is 0 Å². The van der Waals surface area contributed by atoms with E-state index in [4.69, 9.17) is 17.3 Å². The first-order chi connectivity index (χ1) is 12.1. The molecule has 3 heterocycles. The average Bonchev–Trinajstić information content (AvgIpc) is 3.21. The first-order valence-electron chi connectivity index (χ1n) is 8.48. The molecule has 0 N–H and O–H groups in total. The third-order valence-electron chi connectivity index (χ3n) is 4.68. The van der Waals surface area contributed by atoms with Gasteiger partial charge in [0.15, 0.2) is 10.6 Å². The second kappa shape index (κ2) is 6.82. The minimum atomic E-state index is 0.329. The smallest absolute Gasteiger partial charge is 0.199 e. The Balaban J connectivity index is 1.65. The first-order valence-corrected chi connectivity index (χ1v) is 9.77. The summed E-state index contributed by atoms with van der Waals surface area (Å²) < 4.78 is 4.95. The Morgan fingerprint density at radius 3 is 2.84 bits per heavy atom. The molecule has 130 valence electrons. The Bertz CT molecular complexity index is 893. The summed E-state index contributed by atoms with van der Waals surface area (Å²) in [4.78, 5) is 7.86. The van der Waals surface area contributed by atoms with Gasteiger partial charge in [-0.2, -0.15) is 5.10 Å². The molecule has 3 aromatic heterocycles. The molecular formula is C18H21N5S2. The van der Waals surface area contributed by atoms with Crippen LogP contribution in [0.2, 0.25) is 0 Å². The van der Waals surface area contributed by atoms with E-state index in [2.05, 4.69) is 45.9 Å². The van der Waals surface area contributed by atoms with Gasteiger partial charge < -0.3 is 0 Å². The summed E-state index contributed by atoms with van der Waals surface area (Å²) >= 11 is 7.54. The molecule has 7 heteroatoms. The van der Waals surface area contributed by atoms with E-state index in [0.717, 1.165) is 16.2 Å². The predicted molar refractivity (Wildman–Crippen MR) is 103 cm³/mol. The van der Waals surface area contributed by atoms with Crippen molar-refractivity contribution in [3.05, 3.63) is 51.7 Å². The zero-order chi connectivity index (χ0) is 17.4. The number of pyridine rings is 1. The minimum Gasteiger partial charge on any atom is -0.297 e. The topological polar surface area (TPSA) is 38.9 Å². The van der Waals surface area contributed by atoms with Crippen molar-refractivity contribution in [3.8, 4) is 11.4 Å². The molecule has 0 aliphatic heterocycles.